The van der Waals surface area contributed by atoms with E-state index in [1.54, 1.807) is 18.2 Å². The fraction of sp³-hybridized carbons (Fsp3) is 0.278. The molecule has 1 amide bonds. The summed E-state index contributed by atoms with van der Waals surface area (Å²) in [7, 11) is -3.64. The molecule has 144 valence electrons. The van der Waals surface area contributed by atoms with Crippen LogP contribution in [-0.4, -0.2) is 27.2 Å². The number of carbonyl (C=O) groups excluding carboxylic acids is 1. The average molecular weight is 420 g/mol. The summed E-state index contributed by atoms with van der Waals surface area (Å²) in [6.07, 6.45) is 0.942. The monoisotopic (exact) mass is 419 g/mol. The van der Waals surface area contributed by atoms with Gasteiger partial charge in [0.15, 0.2) is 0 Å². The van der Waals surface area contributed by atoms with Crippen LogP contribution in [0.3, 0.4) is 0 Å². The maximum atomic E-state index is 12.2. The van der Waals surface area contributed by atoms with Gasteiger partial charge in [-0.3, -0.25) is 4.79 Å². The van der Waals surface area contributed by atoms with Crippen LogP contribution in [0.25, 0.3) is 11.1 Å². The van der Waals surface area contributed by atoms with E-state index in [0.29, 0.717) is 12.4 Å². The average Bonchev–Trinajstić information content (AvgIpc) is 2.51. The summed E-state index contributed by atoms with van der Waals surface area (Å²) in [6, 6.07) is 14.8. The Labute approximate surface area is 167 Å². The van der Waals surface area contributed by atoms with Gasteiger partial charge in [0.05, 0.1) is 18.4 Å². The Bertz CT molecular complexity index is 824. The molecule has 0 heterocycles. The van der Waals surface area contributed by atoms with Crippen molar-refractivity contribution in [1.82, 2.24) is 4.72 Å². The van der Waals surface area contributed by atoms with E-state index in [4.69, 9.17) is 4.74 Å². The third-order valence-electron chi connectivity index (χ3n) is 3.18. The van der Waals surface area contributed by atoms with Crippen LogP contribution in [-0.2, 0) is 10.0 Å². The Morgan fingerprint density at radius 3 is 2.19 bits per heavy atom. The van der Waals surface area contributed by atoms with Crippen LogP contribution in [0.2, 0.25) is 0 Å². The fourth-order valence-electron chi connectivity index (χ4n) is 2.12. The highest BCUT2D eigenvalue weighted by Gasteiger charge is 2.17. The predicted octanol–water partition coefficient (Wildman–Crippen LogP) is 3.92. The lowest BCUT2D eigenvalue weighted by molar-refractivity contribution is 0.0977. The minimum absolute atomic E-state index is 0. The Morgan fingerprint density at radius 2 is 1.65 bits per heavy atom. The van der Waals surface area contributed by atoms with Crippen molar-refractivity contribution in [2.75, 3.05) is 12.9 Å². The molecule has 2 aromatic carbocycles. The number of halogens is 2. The van der Waals surface area contributed by atoms with Crippen molar-refractivity contribution in [1.29, 1.82) is 0 Å². The molecule has 0 aliphatic heterocycles. The molecule has 0 aromatic heterocycles. The van der Waals surface area contributed by atoms with Gasteiger partial charge >= 0.3 is 0 Å². The third-order valence-corrected chi connectivity index (χ3v) is 3.74. The number of benzene rings is 2. The van der Waals surface area contributed by atoms with Crippen LogP contribution >= 0.6 is 24.8 Å². The molecule has 0 aliphatic rings. The lowest BCUT2D eigenvalue weighted by Gasteiger charge is -2.14. The normalized spacial score (nSPS) is 10.5. The molecule has 0 bridgehead atoms. The fourth-order valence-corrected chi connectivity index (χ4v) is 2.57. The van der Waals surface area contributed by atoms with E-state index in [2.05, 4.69) is 0 Å². The maximum absolute atomic E-state index is 12.2. The van der Waals surface area contributed by atoms with E-state index in [9.17, 15) is 13.2 Å². The first-order chi connectivity index (χ1) is 11.3. The van der Waals surface area contributed by atoms with Crippen molar-refractivity contribution >= 4 is 40.7 Å². The van der Waals surface area contributed by atoms with Gasteiger partial charge in [-0.05, 0) is 29.2 Å². The van der Waals surface area contributed by atoms with E-state index in [0.717, 1.165) is 17.4 Å². The van der Waals surface area contributed by atoms with Crippen molar-refractivity contribution in [3.8, 4) is 16.9 Å². The van der Waals surface area contributed by atoms with Crippen molar-refractivity contribution in [2.24, 2.45) is 5.92 Å². The SMILES string of the molecule is CC(C)COc1cc(-c2ccccc2)ccc1C(=O)NS(C)(=O)=O.Cl.Cl. The molecule has 0 unspecified atom stereocenters. The number of hydrogen-bond acceptors (Lipinski definition) is 4. The summed E-state index contributed by atoms with van der Waals surface area (Å²) in [5.41, 5.74) is 2.08. The Balaban J connectivity index is 0.00000312. The minimum atomic E-state index is -3.64. The number of carbonyl (C=O) groups is 1. The van der Waals surface area contributed by atoms with E-state index < -0.39 is 15.9 Å². The number of nitrogens with one attached hydrogen (secondary N) is 1. The zero-order valence-electron chi connectivity index (χ0n) is 14.8. The predicted molar refractivity (Wildman–Crippen MR) is 109 cm³/mol. The van der Waals surface area contributed by atoms with Gasteiger partial charge in [0, 0.05) is 0 Å². The van der Waals surface area contributed by atoms with Gasteiger partial charge in [-0.15, -0.1) is 24.8 Å². The summed E-state index contributed by atoms with van der Waals surface area (Å²) in [5.74, 6) is -0.0572. The first-order valence-corrected chi connectivity index (χ1v) is 9.50. The van der Waals surface area contributed by atoms with Crippen molar-refractivity contribution < 1.29 is 17.9 Å². The van der Waals surface area contributed by atoms with Gasteiger partial charge < -0.3 is 4.74 Å². The lowest BCUT2D eigenvalue weighted by atomic mass is 10.0. The van der Waals surface area contributed by atoms with Gasteiger partial charge in [-0.1, -0.05) is 50.2 Å². The second-order valence-electron chi connectivity index (χ2n) is 5.99. The number of sulfonamides is 1. The molecule has 0 fully saturated rings. The molecule has 1 N–H and O–H groups in total. The van der Waals surface area contributed by atoms with Crippen molar-refractivity contribution in [2.45, 2.75) is 13.8 Å². The van der Waals surface area contributed by atoms with Gasteiger partial charge in [0.2, 0.25) is 10.0 Å². The van der Waals surface area contributed by atoms with Crippen molar-refractivity contribution in [3.63, 3.8) is 0 Å². The molecule has 0 saturated carbocycles. The molecule has 2 rings (SSSR count). The van der Waals surface area contributed by atoms with Crippen LogP contribution in [0.5, 0.6) is 5.75 Å². The van der Waals surface area contributed by atoms with Gasteiger partial charge in [0.25, 0.3) is 5.91 Å². The Hall–Kier alpha value is -1.76. The molecule has 0 spiro atoms. The first-order valence-electron chi connectivity index (χ1n) is 7.60. The van der Waals surface area contributed by atoms with Gasteiger partial charge in [0.1, 0.15) is 5.75 Å². The van der Waals surface area contributed by atoms with Crippen LogP contribution in [0.4, 0.5) is 0 Å². The maximum Gasteiger partial charge on any atom is 0.268 e. The standard InChI is InChI=1S/C18H21NO4S.2ClH/c1-13(2)12-23-17-11-15(14-7-5-4-6-8-14)9-10-16(17)18(20)19-24(3,21)22;;/h4-11,13H,12H2,1-3H3,(H,19,20);2*1H. The van der Waals surface area contributed by atoms with E-state index in [-0.39, 0.29) is 36.3 Å². The molecule has 0 atom stereocenters. The number of ether oxygens (including phenoxy) is 1. The zero-order chi connectivity index (χ0) is 17.7. The number of rotatable bonds is 6. The molecule has 26 heavy (non-hydrogen) atoms. The number of amides is 1. The molecule has 0 aliphatic carbocycles. The summed E-state index contributed by atoms with van der Waals surface area (Å²) >= 11 is 0. The van der Waals surface area contributed by atoms with Crippen LogP contribution in [0.15, 0.2) is 48.5 Å². The molecule has 8 heteroatoms. The quantitative estimate of drug-likeness (QED) is 0.769. The van der Waals surface area contributed by atoms with Gasteiger partial charge in [-0.2, -0.15) is 0 Å². The highest BCUT2D eigenvalue weighted by molar-refractivity contribution is 7.89. The first kappa shape index (κ1) is 24.2. The molecule has 5 nitrogen and oxygen atoms in total. The smallest absolute Gasteiger partial charge is 0.268 e. The summed E-state index contributed by atoms with van der Waals surface area (Å²) in [5, 5.41) is 0. The largest absolute Gasteiger partial charge is 0.492 e. The third kappa shape index (κ3) is 7.23. The topological polar surface area (TPSA) is 72.5 Å². The summed E-state index contributed by atoms with van der Waals surface area (Å²) < 4.78 is 30.3. The van der Waals surface area contributed by atoms with Crippen LogP contribution in [0, 0.1) is 5.92 Å². The molecule has 2 aromatic rings. The van der Waals surface area contributed by atoms with E-state index >= 15 is 0 Å². The van der Waals surface area contributed by atoms with Crippen molar-refractivity contribution in [3.05, 3.63) is 54.1 Å². The number of hydrogen-bond donors (Lipinski definition) is 1. The zero-order valence-corrected chi connectivity index (χ0v) is 17.2. The second kappa shape index (κ2) is 10.4. The highest BCUT2D eigenvalue weighted by atomic mass is 35.5. The minimum Gasteiger partial charge on any atom is -0.492 e. The Morgan fingerprint density at radius 1 is 1.04 bits per heavy atom. The lowest BCUT2D eigenvalue weighted by Crippen LogP contribution is -2.29. The van der Waals surface area contributed by atoms with Gasteiger partial charge in [-0.25, -0.2) is 13.1 Å². The molecular weight excluding hydrogens is 397 g/mol. The van der Waals surface area contributed by atoms with Crippen LogP contribution < -0.4 is 9.46 Å². The molecular formula is C18H23Cl2NO4S. The molecule has 0 saturated heterocycles. The molecule has 0 radical (unpaired) electrons. The Kier molecular flexibility index (Phi) is 9.70. The van der Waals surface area contributed by atoms with E-state index in [1.807, 2.05) is 48.9 Å². The summed E-state index contributed by atoms with van der Waals surface area (Å²) in [4.78, 5) is 12.2. The highest BCUT2D eigenvalue weighted by Crippen LogP contribution is 2.28. The second-order valence-corrected chi connectivity index (χ2v) is 7.73. The summed E-state index contributed by atoms with van der Waals surface area (Å²) in [6.45, 7) is 4.42. The van der Waals surface area contributed by atoms with Crippen LogP contribution in [0.1, 0.15) is 24.2 Å². The van der Waals surface area contributed by atoms with E-state index in [1.165, 1.54) is 0 Å².